The van der Waals surface area contributed by atoms with Crippen molar-refractivity contribution in [1.82, 2.24) is 19.7 Å². The maximum absolute atomic E-state index is 12.9. The van der Waals surface area contributed by atoms with Crippen molar-refractivity contribution in [2.45, 2.75) is 44.7 Å². The van der Waals surface area contributed by atoms with E-state index in [0.717, 1.165) is 42.0 Å². The molecule has 1 aromatic carbocycles. The second kappa shape index (κ2) is 6.99. The Bertz CT molecular complexity index is 1040. The molecule has 1 atom stereocenters. The number of fused-ring (bicyclic) bond motifs is 1. The van der Waals surface area contributed by atoms with Crippen molar-refractivity contribution in [3.63, 3.8) is 0 Å². The van der Waals surface area contributed by atoms with Crippen LogP contribution in [0.1, 0.15) is 32.6 Å². The molecule has 0 bridgehead atoms. The fourth-order valence-corrected chi connectivity index (χ4v) is 4.25. The van der Waals surface area contributed by atoms with Crippen molar-refractivity contribution < 1.29 is 4.79 Å². The molecule has 3 aromatic rings. The molecule has 29 heavy (non-hydrogen) atoms. The minimum absolute atomic E-state index is 0.118. The van der Waals surface area contributed by atoms with E-state index in [4.69, 9.17) is 4.98 Å². The molecule has 1 aliphatic carbocycles. The number of rotatable bonds is 4. The highest BCUT2D eigenvalue weighted by molar-refractivity contribution is 6.04. The topological polar surface area (TPSA) is 67.2 Å². The molecular weight excluding hydrogens is 364 g/mol. The smallest absolute Gasteiger partial charge is 0.253 e. The predicted octanol–water partition coefficient (Wildman–Crippen LogP) is 3.44. The van der Waals surface area contributed by atoms with Gasteiger partial charge < -0.3 is 9.80 Å². The first-order valence-electron chi connectivity index (χ1n) is 10.2. The third-order valence-electron chi connectivity index (χ3n) is 6.05. The summed E-state index contributed by atoms with van der Waals surface area (Å²) < 4.78 is 1.77. The standard InChI is InChI=1S/C22H24N6O/c1-3-17-21(29)26(2)19-14-23-22(25-20(19)27(17)16-10-7-11-16)28-18(12-13-24-28)15-8-5-4-6-9-15/h4-6,8-9,12-14,16-17H,3,7,10-11H2,1-2H3. The number of hydrogen-bond donors (Lipinski definition) is 0. The third kappa shape index (κ3) is 2.80. The molecule has 2 aromatic heterocycles. The SMILES string of the molecule is CCC1C(=O)N(C)c2cnc(-n3nccc3-c3ccccc3)nc2N1C1CCC1. The summed E-state index contributed by atoms with van der Waals surface area (Å²) in [6, 6.07) is 12.3. The lowest BCUT2D eigenvalue weighted by Crippen LogP contribution is -2.57. The van der Waals surface area contributed by atoms with Gasteiger partial charge in [-0.1, -0.05) is 37.3 Å². The van der Waals surface area contributed by atoms with E-state index in [0.29, 0.717) is 12.0 Å². The molecule has 1 saturated carbocycles. The Morgan fingerprint density at radius 3 is 2.62 bits per heavy atom. The van der Waals surface area contributed by atoms with E-state index in [9.17, 15) is 4.79 Å². The number of hydrogen-bond acceptors (Lipinski definition) is 5. The molecule has 0 radical (unpaired) electrons. The Hall–Kier alpha value is -3.22. The molecule has 1 amide bonds. The maximum atomic E-state index is 12.9. The van der Waals surface area contributed by atoms with Crippen LogP contribution >= 0.6 is 0 Å². The summed E-state index contributed by atoms with van der Waals surface area (Å²) >= 11 is 0. The second-order valence-electron chi connectivity index (χ2n) is 7.69. The molecule has 0 saturated heterocycles. The van der Waals surface area contributed by atoms with E-state index in [1.54, 1.807) is 22.0 Å². The van der Waals surface area contributed by atoms with E-state index < -0.39 is 0 Å². The number of benzene rings is 1. The van der Waals surface area contributed by atoms with Gasteiger partial charge in [-0.05, 0) is 31.7 Å². The van der Waals surface area contributed by atoms with Crippen LogP contribution in [0.15, 0.2) is 48.8 Å². The molecule has 7 nitrogen and oxygen atoms in total. The summed E-state index contributed by atoms with van der Waals surface area (Å²) in [6.07, 6.45) is 7.68. The molecule has 2 aliphatic rings. The van der Waals surface area contributed by atoms with Crippen LogP contribution in [0.5, 0.6) is 0 Å². The Morgan fingerprint density at radius 1 is 1.14 bits per heavy atom. The lowest BCUT2D eigenvalue weighted by Gasteiger charge is -2.47. The largest absolute Gasteiger partial charge is 0.340 e. The van der Waals surface area contributed by atoms with Crippen LogP contribution in [0.4, 0.5) is 11.5 Å². The first kappa shape index (κ1) is 17.8. The van der Waals surface area contributed by atoms with Gasteiger partial charge in [-0.2, -0.15) is 14.8 Å². The van der Waals surface area contributed by atoms with Gasteiger partial charge in [0.25, 0.3) is 5.95 Å². The van der Waals surface area contributed by atoms with Crippen LogP contribution < -0.4 is 9.80 Å². The number of aromatic nitrogens is 4. The molecule has 7 heteroatoms. The van der Waals surface area contributed by atoms with Gasteiger partial charge >= 0.3 is 0 Å². The van der Waals surface area contributed by atoms with Crippen molar-refractivity contribution in [1.29, 1.82) is 0 Å². The van der Waals surface area contributed by atoms with E-state index in [-0.39, 0.29) is 11.9 Å². The van der Waals surface area contributed by atoms with Crippen LogP contribution in [0.3, 0.4) is 0 Å². The van der Waals surface area contributed by atoms with Gasteiger partial charge in [0.2, 0.25) is 5.91 Å². The summed E-state index contributed by atoms with van der Waals surface area (Å²) in [5.41, 5.74) is 2.76. The molecule has 0 spiro atoms. The number of carbonyl (C=O) groups excluding carboxylic acids is 1. The Kier molecular flexibility index (Phi) is 4.30. The van der Waals surface area contributed by atoms with E-state index in [1.165, 1.54) is 6.42 Å². The summed E-state index contributed by atoms with van der Waals surface area (Å²) in [5.74, 6) is 1.48. The van der Waals surface area contributed by atoms with E-state index in [2.05, 4.69) is 21.9 Å². The van der Waals surface area contributed by atoms with Crippen LogP contribution in [0.2, 0.25) is 0 Å². The van der Waals surface area contributed by atoms with Crippen molar-refractivity contribution >= 4 is 17.4 Å². The molecule has 5 rings (SSSR count). The zero-order valence-corrected chi connectivity index (χ0v) is 16.7. The van der Waals surface area contributed by atoms with Crippen molar-refractivity contribution in [3.8, 4) is 17.2 Å². The van der Waals surface area contributed by atoms with Crippen molar-refractivity contribution in [3.05, 3.63) is 48.8 Å². The third-order valence-corrected chi connectivity index (χ3v) is 6.05. The van der Waals surface area contributed by atoms with Gasteiger partial charge in [0.15, 0.2) is 5.82 Å². The molecule has 0 N–H and O–H groups in total. The highest BCUT2D eigenvalue weighted by Crippen LogP contribution is 2.40. The first-order valence-corrected chi connectivity index (χ1v) is 10.2. The summed E-state index contributed by atoms with van der Waals surface area (Å²) in [5, 5.41) is 4.48. The van der Waals surface area contributed by atoms with Gasteiger partial charge in [0.1, 0.15) is 11.7 Å². The highest BCUT2D eigenvalue weighted by Gasteiger charge is 2.42. The summed E-state index contributed by atoms with van der Waals surface area (Å²) in [6.45, 7) is 2.07. The van der Waals surface area contributed by atoms with E-state index in [1.807, 2.05) is 43.4 Å². The zero-order chi connectivity index (χ0) is 20.0. The van der Waals surface area contributed by atoms with Gasteiger partial charge in [-0.3, -0.25) is 4.79 Å². The lowest BCUT2D eigenvalue weighted by molar-refractivity contribution is -0.120. The Morgan fingerprint density at radius 2 is 1.93 bits per heavy atom. The van der Waals surface area contributed by atoms with Crippen LogP contribution in [-0.4, -0.2) is 44.8 Å². The predicted molar refractivity (Wildman–Crippen MR) is 112 cm³/mol. The maximum Gasteiger partial charge on any atom is 0.253 e. The van der Waals surface area contributed by atoms with Crippen LogP contribution in [-0.2, 0) is 4.79 Å². The average molecular weight is 388 g/mol. The quantitative estimate of drug-likeness (QED) is 0.685. The average Bonchev–Trinajstić information content (AvgIpc) is 3.21. The fourth-order valence-electron chi connectivity index (χ4n) is 4.25. The Balaban J connectivity index is 1.63. The summed E-state index contributed by atoms with van der Waals surface area (Å²) in [4.78, 5) is 26.4. The lowest BCUT2D eigenvalue weighted by atomic mass is 9.88. The molecule has 1 unspecified atom stereocenters. The summed E-state index contributed by atoms with van der Waals surface area (Å²) in [7, 11) is 1.81. The number of likely N-dealkylation sites (N-methyl/N-ethyl adjacent to an activating group) is 1. The monoisotopic (exact) mass is 388 g/mol. The fraction of sp³-hybridized carbons (Fsp3) is 0.364. The molecular formula is C22H24N6O. The van der Waals surface area contributed by atoms with Crippen molar-refractivity contribution in [2.24, 2.45) is 0 Å². The van der Waals surface area contributed by atoms with Gasteiger partial charge in [0.05, 0.1) is 18.1 Å². The Labute approximate surface area is 170 Å². The number of amides is 1. The minimum atomic E-state index is -0.174. The highest BCUT2D eigenvalue weighted by atomic mass is 16.2. The molecule has 3 heterocycles. The molecule has 1 fully saturated rings. The number of carbonyl (C=O) groups is 1. The zero-order valence-electron chi connectivity index (χ0n) is 16.7. The first-order chi connectivity index (χ1) is 14.2. The second-order valence-corrected chi connectivity index (χ2v) is 7.69. The molecule has 1 aliphatic heterocycles. The van der Waals surface area contributed by atoms with Gasteiger partial charge in [-0.25, -0.2) is 4.98 Å². The van der Waals surface area contributed by atoms with Gasteiger partial charge in [0, 0.05) is 18.7 Å². The number of anilines is 2. The number of nitrogens with zero attached hydrogens (tertiary/aromatic N) is 6. The van der Waals surface area contributed by atoms with Crippen LogP contribution in [0.25, 0.3) is 17.2 Å². The van der Waals surface area contributed by atoms with Crippen LogP contribution in [0, 0.1) is 0 Å². The van der Waals surface area contributed by atoms with Gasteiger partial charge in [-0.15, -0.1) is 0 Å². The normalized spacial score (nSPS) is 19.2. The van der Waals surface area contributed by atoms with E-state index >= 15 is 0 Å². The minimum Gasteiger partial charge on any atom is -0.340 e. The molecule has 148 valence electrons. The van der Waals surface area contributed by atoms with Crippen molar-refractivity contribution in [2.75, 3.05) is 16.8 Å².